The number of para-hydroxylation sites is 1. The van der Waals surface area contributed by atoms with E-state index in [0.29, 0.717) is 24.3 Å². The summed E-state index contributed by atoms with van der Waals surface area (Å²) in [6.07, 6.45) is 0. The summed E-state index contributed by atoms with van der Waals surface area (Å²) in [5.74, 6) is 0. The first-order valence-electron chi connectivity index (χ1n) is 10.3. The SMILES string of the molecule is N#Cc1ccccc1NC(=O)N1CC[NH+](C(c2ccccc2)c2ccccc2)CC1. The summed E-state index contributed by atoms with van der Waals surface area (Å²) >= 11 is 0. The summed E-state index contributed by atoms with van der Waals surface area (Å²) in [7, 11) is 0. The Morgan fingerprint density at radius 3 is 1.97 bits per heavy atom. The molecule has 0 aromatic heterocycles. The maximum atomic E-state index is 12.7. The van der Waals surface area contributed by atoms with Crippen molar-refractivity contribution in [3.8, 4) is 6.07 Å². The van der Waals surface area contributed by atoms with Gasteiger partial charge in [-0.3, -0.25) is 0 Å². The third kappa shape index (κ3) is 4.35. The molecule has 2 N–H and O–H groups in total. The Morgan fingerprint density at radius 1 is 0.867 bits per heavy atom. The first kappa shape index (κ1) is 19.7. The molecule has 1 aliphatic heterocycles. The van der Waals surface area contributed by atoms with Gasteiger partial charge >= 0.3 is 6.03 Å². The number of nitrogens with zero attached hydrogens (tertiary/aromatic N) is 2. The molecule has 5 heteroatoms. The van der Waals surface area contributed by atoms with E-state index in [1.807, 2.05) is 23.1 Å². The number of piperazine rings is 1. The van der Waals surface area contributed by atoms with Gasteiger partial charge in [-0.1, -0.05) is 72.8 Å². The summed E-state index contributed by atoms with van der Waals surface area (Å²) < 4.78 is 0. The van der Waals surface area contributed by atoms with Crippen LogP contribution < -0.4 is 10.2 Å². The average Bonchev–Trinajstić information content (AvgIpc) is 2.81. The molecule has 1 saturated heterocycles. The fraction of sp³-hybridized carbons (Fsp3) is 0.200. The van der Waals surface area contributed by atoms with Crippen LogP contribution >= 0.6 is 0 Å². The van der Waals surface area contributed by atoms with E-state index >= 15 is 0 Å². The van der Waals surface area contributed by atoms with E-state index in [1.165, 1.54) is 16.0 Å². The summed E-state index contributed by atoms with van der Waals surface area (Å²) in [4.78, 5) is 16.0. The zero-order valence-electron chi connectivity index (χ0n) is 16.8. The molecule has 0 atom stereocenters. The third-order valence-electron chi connectivity index (χ3n) is 5.66. The highest BCUT2D eigenvalue weighted by Gasteiger charge is 2.31. The lowest BCUT2D eigenvalue weighted by Gasteiger charge is -2.37. The van der Waals surface area contributed by atoms with Crippen molar-refractivity contribution in [1.29, 1.82) is 5.26 Å². The van der Waals surface area contributed by atoms with Crippen LogP contribution in [0.3, 0.4) is 0 Å². The topological polar surface area (TPSA) is 60.6 Å². The fourth-order valence-corrected chi connectivity index (χ4v) is 4.12. The number of anilines is 1. The quantitative estimate of drug-likeness (QED) is 0.711. The predicted molar refractivity (Wildman–Crippen MR) is 117 cm³/mol. The first-order chi connectivity index (χ1) is 14.8. The van der Waals surface area contributed by atoms with Gasteiger partial charge in [0.05, 0.1) is 37.4 Å². The van der Waals surface area contributed by atoms with Gasteiger partial charge in [-0.2, -0.15) is 5.26 Å². The molecule has 0 bridgehead atoms. The summed E-state index contributed by atoms with van der Waals surface area (Å²) in [6, 6.07) is 30.5. The van der Waals surface area contributed by atoms with E-state index < -0.39 is 0 Å². The Balaban J connectivity index is 1.46. The Labute approximate surface area is 177 Å². The number of nitrogens with one attached hydrogen (secondary N) is 2. The van der Waals surface area contributed by atoms with E-state index in [2.05, 4.69) is 59.9 Å². The average molecular weight is 398 g/mol. The van der Waals surface area contributed by atoms with Crippen molar-refractivity contribution in [3.05, 3.63) is 102 Å². The molecule has 3 aromatic rings. The Morgan fingerprint density at radius 2 is 1.40 bits per heavy atom. The van der Waals surface area contributed by atoms with E-state index in [4.69, 9.17) is 0 Å². The highest BCUT2D eigenvalue weighted by atomic mass is 16.2. The van der Waals surface area contributed by atoms with Crippen molar-refractivity contribution in [1.82, 2.24) is 4.90 Å². The van der Waals surface area contributed by atoms with Gasteiger partial charge in [0.15, 0.2) is 0 Å². The number of carbonyl (C=O) groups is 1. The van der Waals surface area contributed by atoms with Gasteiger partial charge in [0.2, 0.25) is 0 Å². The molecule has 4 rings (SSSR count). The number of quaternary nitrogens is 1. The molecule has 2 amide bonds. The molecule has 0 saturated carbocycles. The van der Waals surface area contributed by atoms with E-state index in [0.717, 1.165) is 13.1 Å². The lowest BCUT2D eigenvalue weighted by atomic mass is 9.96. The van der Waals surface area contributed by atoms with E-state index in [9.17, 15) is 10.1 Å². The van der Waals surface area contributed by atoms with Crippen molar-refractivity contribution in [3.63, 3.8) is 0 Å². The molecule has 150 valence electrons. The van der Waals surface area contributed by atoms with Crippen molar-refractivity contribution in [2.24, 2.45) is 0 Å². The molecule has 5 nitrogen and oxygen atoms in total. The second-order valence-corrected chi connectivity index (χ2v) is 7.49. The van der Waals surface area contributed by atoms with Gasteiger partial charge in [0, 0.05) is 11.1 Å². The van der Waals surface area contributed by atoms with Crippen LogP contribution in [0.1, 0.15) is 22.7 Å². The second-order valence-electron chi connectivity index (χ2n) is 7.49. The van der Waals surface area contributed by atoms with Gasteiger partial charge < -0.3 is 15.1 Å². The largest absolute Gasteiger partial charge is 0.322 e. The molecule has 1 fully saturated rings. The number of urea groups is 1. The normalized spacial score (nSPS) is 14.3. The molecule has 1 aliphatic rings. The number of carbonyl (C=O) groups excluding carboxylic acids is 1. The number of amides is 2. The van der Waals surface area contributed by atoms with Gasteiger partial charge in [-0.25, -0.2) is 4.79 Å². The summed E-state index contributed by atoms with van der Waals surface area (Å²) in [5.41, 5.74) is 3.62. The van der Waals surface area contributed by atoms with Crippen LogP contribution in [-0.2, 0) is 0 Å². The van der Waals surface area contributed by atoms with Gasteiger partial charge in [-0.05, 0) is 12.1 Å². The van der Waals surface area contributed by atoms with E-state index in [-0.39, 0.29) is 12.1 Å². The zero-order chi connectivity index (χ0) is 20.8. The maximum absolute atomic E-state index is 12.7. The first-order valence-corrected chi connectivity index (χ1v) is 10.3. The standard InChI is InChI=1S/C25H24N4O/c26-19-22-13-7-8-14-23(22)27-25(30)29-17-15-28(16-18-29)24(20-9-3-1-4-10-20)21-11-5-2-6-12-21/h1-14,24H,15-18H2,(H,27,30)/p+1. The summed E-state index contributed by atoms with van der Waals surface area (Å²) in [6.45, 7) is 3.07. The van der Waals surface area contributed by atoms with E-state index in [1.54, 1.807) is 18.2 Å². The van der Waals surface area contributed by atoms with Crippen LogP contribution in [0.15, 0.2) is 84.9 Å². The molecule has 0 radical (unpaired) electrons. The van der Waals surface area contributed by atoms with Gasteiger partial charge in [0.25, 0.3) is 0 Å². The molecule has 3 aromatic carbocycles. The lowest BCUT2D eigenvalue weighted by Crippen LogP contribution is -3.15. The molecular weight excluding hydrogens is 372 g/mol. The Hall–Kier alpha value is -3.62. The minimum atomic E-state index is -0.146. The maximum Gasteiger partial charge on any atom is 0.322 e. The Kier molecular flexibility index (Phi) is 6.07. The smallest absolute Gasteiger partial charge is 0.322 e. The lowest BCUT2D eigenvalue weighted by molar-refractivity contribution is -0.929. The van der Waals surface area contributed by atoms with Crippen LogP contribution in [0.5, 0.6) is 0 Å². The molecule has 0 aliphatic carbocycles. The highest BCUT2D eigenvalue weighted by Crippen LogP contribution is 2.19. The van der Waals surface area contributed by atoms with Gasteiger partial charge in [0.1, 0.15) is 12.1 Å². The highest BCUT2D eigenvalue weighted by molar-refractivity contribution is 5.90. The zero-order valence-corrected chi connectivity index (χ0v) is 16.8. The van der Waals surface area contributed by atoms with Crippen molar-refractivity contribution in [2.75, 3.05) is 31.5 Å². The predicted octanol–water partition coefficient (Wildman–Crippen LogP) is 3.08. The molecule has 0 unspecified atom stereocenters. The number of rotatable bonds is 4. The Bertz CT molecular complexity index is 982. The van der Waals surface area contributed by atoms with Crippen LogP contribution in [-0.4, -0.2) is 37.1 Å². The van der Waals surface area contributed by atoms with Crippen molar-refractivity contribution in [2.45, 2.75) is 6.04 Å². The van der Waals surface area contributed by atoms with Crippen LogP contribution in [0.25, 0.3) is 0 Å². The second kappa shape index (κ2) is 9.25. The van der Waals surface area contributed by atoms with Crippen LogP contribution in [0.2, 0.25) is 0 Å². The molecular formula is C25H25N4O+. The van der Waals surface area contributed by atoms with Gasteiger partial charge in [-0.15, -0.1) is 0 Å². The fourth-order valence-electron chi connectivity index (χ4n) is 4.12. The minimum Gasteiger partial charge on any atom is -0.322 e. The monoisotopic (exact) mass is 397 g/mol. The number of hydrogen-bond acceptors (Lipinski definition) is 2. The minimum absolute atomic E-state index is 0.146. The number of hydrogen-bond donors (Lipinski definition) is 2. The number of nitriles is 1. The summed E-state index contributed by atoms with van der Waals surface area (Å²) in [5, 5.41) is 12.1. The van der Waals surface area contributed by atoms with Crippen LogP contribution in [0, 0.1) is 11.3 Å². The van der Waals surface area contributed by atoms with Crippen molar-refractivity contribution < 1.29 is 9.69 Å². The number of benzene rings is 3. The molecule has 0 spiro atoms. The van der Waals surface area contributed by atoms with Crippen LogP contribution in [0.4, 0.5) is 10.5 Å². The molecule has 30 heavy (non-hydrogen) atoms. The third-order valence-corrected chi connectivity index (χ3v) is 5.66. The van der Waals surface area contributed by atoms with Crippen molar-refractivity contribution >= 4 is 11.7 Å². The molecule has 1 heterocycles.